The van der Waals surface area contributed by atoms with Crippen molar-refractivity contribution in [1.29, 1.82) is 0 Å². The molecule has 0 fully saturated rings. The lowest BCUT2D eigenvalue weighted by Gasteiger charge is -2.37. The lowest BCUT2D eigenvalue weighted by atomic mass is 9.98. The van der Waals surface area contributed by atoms with E-state index in [1.165, 1.54) is 32.2 Å². The summed E-state index contributed by atoms with van der Waals surface area (Å²) in [6.45, 7) is 1.94. The molecule has 1 aromatic carbocycles. The molecule has 0 spiro atoms. The fraction of sp³-hybridized carbons (Fsp3) is 0.389. The first-order valence-corrected chi connectivity index (χ1v) is 8.01. The molecule has 2 aromatic rings. The van der Waals surface area contributed by atoms with Gasteiger partial charge in [-0.1, -0.05) is 0 Å². The molecule has 0 bridgehead atoms. The summed E-state index contributed by atoms with van der Waals surface area (Å²) in [4.78, 5) is 13.8. The summed E-state index contributed by atoms with van der Waals surface area (Å²) in [6, 6.07) is 3.80. The number of rotatable bonds is 5. The number of hydrogen-bond acceptors (Lipinski definition) is 3. The van der Waals surface area contributed by atoms with Crippen LogP contribution in [0.1, 0.15) is 41.1 Å². The van der Waals surface area contributed by atoms with Crippen molar-refractivity contribution in [1.82, 2.24) is 4.90 Å². The molecule has 0 atom stereocenters. The zero-order chi connectivity index (χ0) is 21.3. The number of benzene rings is 1. The van der Waals surface area contributed by atoms with Crippen LogP contribution in [0.5, 0.6) is 0 Å². The van der Waals surface area contributed by atoms with Crippen molar-refractivity contribution in [3.8, 4) is 0 Å². The van der Waals surface area contributed by atoms with E-state index >= 15 is 0 Å². The molecule has 10 heteroatoms. The Morgan fingerprint density at radius 2 is 1.71 bits per heavy atom. The third kappa shape index (κ3) is 4.67. The topological polar surface area (TPSA) is 53.7 Å². The number of hydrogen-bond donors (Lipinski definition) is 1. The first kappa shape index (κ1) is 21.8. The zero-order valence-electron chi connectivity index (χ0n) is 14.9. The predicted octanol–water partition coefficient (Wildman–Crippen LogP) is 4.73. The summed E-state index contributed by atoms with van der Waals surface area (Å²) in [7, 11) is 0. The van der Waals surface area contributed by atoms with Crippen molar-refractivity contribution < 1.29 is 40.7 Å². The van der Waals surface area contributed by atoms with Gasteiger partial charge in [-0.2, -0.15) is 26.3 Å². The molecule has 28 heavy (non-hydrogen) atoms. The van der Waals surface area contributed by atoms with E-state index < -0.39 is 47.1 Å². The number of aliphatic hydroxyl groups is 1. The second-order valence-corrected chi connectivity index (χ2v) is 6.70. The zero-order valence-corrected chi connectivity index (χ0v) is 14.9. The lowest BCUT2D eigenvalue weighted by Crippen LogP contribution is -2.50. The number of halogens is 6. The maximum absolute atomic E-state index is 13.4. The highest BCUT2D eigenvalue weighted by Gasteiger charge is 2.42. The van der Waals surface area contributed by atoms with Crippen molar-refractivity contribution >= 4 is 5.91 Å². The van der Waals surface area contributed by atoms with E-state index in [1.54, 1.807) is 0 Å². The van der Waals surface area contributed by atoms with Crippen LogP contribution in [-0.4, -0.2) is 28.1 Å². The molecular weight excluding hydrogens is 392 g/mol. The first-order valence-electron chi connectivity index (χ1n) is 8.01. The third-order valence-corrected chi connectivity index (χ3v) is 4.14. The minimum absolute atomic E-state index is 0.0930. The Kier molecular flexibility index (Phi) is 5.84. The summed E-state index contributed by atoms with van der Waals surface area (Å²) in [5, 5.41) is 9.57. The van der Waals surface area contributed by atoms with Crippen LogP contribution in [0.4, 0.5) is 26.3 Å². The van der Waals surface area contributed by atoms with Gasteiger partial charge in [0.05, 0.1) is 41.6 Å². The van der Waals surface area contributed by atoms with Crippen LogP contribution in [0.15, 0.2) is 41.0 Å². The van der Waals surface area contributed by atoms with Gasteiger partial charge in [0.2, 0.25) is 0 Å². The van der Waals surface area contributed by atoms with Crippen LogP contribution in [0, 0.1) is 0 Å². The molecule has 0 saturated carbocycles. The monoisotopic (exact) mass is 409 g/mol. The standard InChI is InChI=1S/C18H17F6NO3/c1-16(2,10-26)25(9-12-4-3-7-28-12)15(27)13-6-5-11(17(19,20)21)8-14(13)18(22,23)24/h3-8,26H,9-10H2,1-2H3. The first-order chi connectivity index (χ1) is 12.8. The van der Waals surface area contributed by atoms with Gasteiger partial charge < -0.3 is 14.4 Å². The van der Waals surface area contributed by atoms with Crippen LogP contribution in [0.3, 0.4) is 0 Å². The van der Waals surface area contributed by atoms with Crippen molar-refractivity contribution in [2.45, 2.75) is 38.3 Å². The SMILES string of the molecule is CC(C)(CO)N(Cc1ccco1)C(=O)c1ccc(C(F)(F)F)cc1C(F)(F)F. The molecule has 4 nitrogen and oxygen atoms in total. The van der Waals surface area contributed by atoms with E-state index in [2.05, 4.69) is 0 Å². The van der Waals surface area contributed by atoms with Crippen LogP contribution in [0.2, 0.25) is 0 Å². The molecule has 0 aliphatic carbocycles. The largest absolute Gasteiger partial charge is 0.467 e. The highest BCUT2D eigenvalue weighted by molar-refractivity contribution is 5.96. The number of aliphatic hydroxyl groups excluding tert-OH is 1. The van der Waals surface area contributed by atoms with Gasteiger partial charge in [-0.3, -0.25) is 4.79 Å². The Balaban J connectivity index is 2.57. The van der Waals surface area contributed by atoms with Gasteiger partial charge >= 0.3 is 12.4 Å². The highest BCUT2D eigenvalue weighted by atomic mass is 19.4. The number of carbonyl (C=O) groups excluding carboxylic acids is 1. The molecule has 1 amide bonds. The van der Waals surface area contributed by atoms with Crippen molar-refractivity contribution in [3.05, 3.63) is 59.0 Å². The Hall–Kier alpha value is -2.49. The number of amides is 1. The van der Waals surface area contributed by atoms with Gasteiger partial charge in [0.25, 0.3) is 5.91 Å². The molecule has 2 rings (SSSR count). The average Bonchev–Trinajstić information content (AvgIpc) is 3.10. The van der Waals surface area contributed by atoms with E-state index in [9.17, 15) is 36.2 Å². The molecule has 1 heterocycles. The van der Waals surface area contributed by atoms with Gasteiger partial charge in [0, 0.05) is 0 Å². The quantitative estimate of drug-likeness (QED) is 0.727. The molecule has 0 unspecified atom stereocenters. The van der Waals surface area contributed by atoms with Crippen LogP contribution >= 0.6 is 0 Å². The summed E-state index contributed by atoms with van der Waals surface area (Å²) >= 11 is 0. The maximum Gasteiger partial charge on any atom is 0.417 e. The Morgan fingerprint density at radius 3 is 2.18 bits per heavy atom. The molecular formula is C18H17F6NO3. The van der Waals surface area contributed by atoms with E-state index in [0.29, 0.717) is 12.1 Å². The second-order valence-electron chi connectivity index (χ2n) is 6.70. The van der Waals surface area contributed by atoms with Gasteiger partial charge in [-0.15, -0.1) is 0 Å². The summed E-state index contributed by atoms with van der Waals surface area (Å²) in [5.74, 6) is -0.952. The van der Waals surface area contributed by atoms with Gasteiger partial charge in [-0.05, 0) is 44.2 Å². The molecule has 154 valence electrons. The molecule has 0 aliphatic heterocycles. The highest BCUT2D eigenvalue weighted by Crippen LogP contribution is 2.38. The number of carbonyl (C=O) groups is 1. The number of nitrogens with zero attached hydrogens (tertiary/aromatic N) is 1. The summed E-state index contributed by atoms with van der Waals surface area (Å²) in [6.07, 6.45) is -8.89. The second kappa shape index (κ2) is 7.50. The van der Waals surface area contributed by atoms with E-state index in [1.807, 2.05) is 0 Å². The van der Waals surface area contributed by atoms with Gasteiger partial charge in [0.15, 0.2) is 0 Å². The Labute approximate surface area is 156 Å². The Morgan fingerprint density at radius 1 is 1.07 bits per heavy atom. The van der Waals surface area contributed by atoms with Crippen LogP contribution in [-0.2, 0) is 18.9 Å². The fourth-order valence-electron chi connectivity index (χ4n) is 2.49. The number of furan rings is 1. The van der Waals surface area contributed by atoms with Gasteiger partial charge in [-0.25, -0.2) is 0 Å². The molecule has 0 aliphatic rings. The minimum atomic E-state index is -5.19. The third-order valence-electron chi connectivity index (χ3n) is 4.14. The molecule has 0 radical (unpaired) electrons. The van der Waals surface area contributed by atoms with Crippen LogP contribution in [0.25, 0.3) is 0 Å². The van der Waals surface area contributed by atoms with Crippen molar-refractivity contribution in [3.63, 3.8) is 0 Å². The molecule has 1 N–H and O–H groups in total. The van der Waals surface area contributed by atoms with E-state index in [-0.39, 0.29) is 18.4 Å². The predicted molar refractivity (Wildman–Crippen MR) is 86.2 cm³/mol. The molecule has 1 aromatic heterocycles. The lowest BCUT2D eigenvalue weighted by molar-refractivity contribution is -0.143. The Bertz CT molecular complexity index is 825. The smallest absolute Gasteiger partial charge is 0.417 e. The maximum atomic E-state index is 13.4. The van der Waals surface area contributed by atoms with E-state index in [0.717, 1.165) is 4.90 Å². The minimum Gasteiger partial charge on any atom is -0.467 e. The average molecular weight is 409 g/mol. The van der Waals surface area contributed by atoms with Crippen molar-refractivity contribution in [2.75, 3.05) is 6.61 Å². The molecule has 0 saturated heterocycles. The van der Waals surface area contributed by atoms with Crippen molar-refractivity contribution in [2.24, 2.45) is 0 Å². The number of alkyl halides is 6. The summed E-state index contributed by atoms with van der Waals surface area (Å²) in [5.41, 5.74) is -5.48. The normalized spacial score (nSPS) is 12.9. The summed E-state index contributed by atoms with van der Waals surface area (Å²) < 4.78 is 83.8. The fourth-order valence-corrected chi connectivity index (χ4v) is 2.49. The van der Waals surface area contributed by atoms with E-state index in [4.69, 9.17) is 4.42 Å². The van der Waals surface area contributed by atoms with Gasteiger partial charge in [0.1, 0.15) is 5.76 Å². The van der Waals surface area contributed by atoms with Crippen LogP contribution < -0.4 is 0 Å².